The van der Waals surface area contributed by atoms with Crippen molar-refractivity contribution in [3.05, 3.63) is 83.6 Å². The van der Waals surface area contributed by atoms with Gasteiger partial charge < -0.3 is 19.0 Å². The van der Waals surface area contributed by atoms with Crippen molar-refractivity contribution in [3.63, 3.8) is 0 Å². The molecule has 32 heavy (non-hydrogen) atoms. The van der Waals surface area contributed by atoms with Crippen molar-refractivity contribution >= 4 is 23.1 Å². The van der Waals surface area contributed by atoms with E-state index in [-0.39, 0.29) is 22.6 Å². The van der Waals surface area contributed by atoms with Gasteiger partial charge in [-0.25, -0.2) is 4.39 Å². The Hall–Kier alpha value is -4.07. The van der Waals surface area contributed by atoms with Gasteiger partial charge in [0.2, 0.25) is 0 Å². The molecule has 3 aromatic rings. The molecule has 1 aliphatic heterocycles. The van der Waals surface area contributed by atoms with E-state index in [0.717, 1.165) is 12.1 Å². The fourth-order valence-corrected chi connectivity index (χ4v) is 3.69. The van der Waals surface area contributed by atoms with Crippen molar-refractivity contribution in [3.8, 4) is 11.5 Å². The predicted molar refractivity (Wildman–Crippen MR) is 114 cm³/mol. The second-order valence-electron chi connectivity index (χ2n) is 6.96. The summed E-state index contributed by atoms with van der Waals surface area (Å²) in [5.41, 5.74) is 0.124. The van der Waals surface area contributed by atoms with Gasteiger partial charge in [0.05, 0.1) is 31.1 Å². The monoisotopic (exact) mass is 437 g/mol. The Morgan fingerprint density at radius 3 is 2.53 bits per heavy atom. The van der Waals surface area contributed by atoms with Crippen LogP contribution in [-0.4, -0.2) is 30.5 Å². The largest absolute Gasteiger partial charge is 0.507 e. The molecule has 0 saturated carbocycles. The second kappa shape index (κ2) is 8.58. The number of halogens is 1. The first-order chi connectivity index (χ1) is 15.5. The van der Waals surface area contributed by atoms with Crippen LogP contribution in [0.15, 0.2) is 70.9 Å². The van der Waals surface area contributed by atoms with Crippen molar-refractivity contribution in [2.75, 3.05) is 18.6 Å². The number of hydrogen-bond donors (Lipinski definition) is 1. The zero-order chi connectivity index (χ0) is 22.8. The molecule has 1 fully saturated rings. The molecular formula is C24H20FNO6. The van der Waals surface area contributed by atoms with Gasteiger partial charge in [0.25, 0.3) is 11.7 Å². The smallest absolute Gasteiger partial charge is 0.300 e. The van der Waals surface area contributed by atoms with Crippen LogP contribution in [-0.2, 0) is 9.59 Å². The molecule has 1 aromatic heterocycles. The molecule has 4 rings (SSSR count). The highest BCUT2D eigenvalue weighted by molar-refractivity contribution is 6.51. The van der Waals surface area contributed by atoms with Gasteiger partial charge in [0.15, 0.2) is 0 Å². The maximum atomic E-state index is 13.9. The number of furan rings is 1. The lowest BCUT2D eigenvalue weighted by molar-refractivity contribution is -0.132. The van der Waals surface area contributed by atoms with Crippen LogP contribution < -0.4 is 14.4 Å². The van der Waals surface area contributed by atoms with Gasteiger partial charge in [-0.05, 0) is 61.5 Å². The highest BCUT2D eigenvalue weighted by atomic mass is 19.1. The highest BCUT2D eigenvalue weighted by Gasteiger charge is 2.48. The molecule has 1 unspecified atom stereocenters. The molecule has 2 heterocycles. The molecule has 1 atom stereocenters. The molecule has 164 valence electrons. The van der Waals surface area contributed by atoms with Crippen LogP contribution >= 0.6 is 0 Å². The number of Topliss-reactive ketones (excluding diaryl/α,β-unsaturated/α-hetero) is 1. The summed E-state index contributed by atoms with van der Waals surface area (Å²) >= 11 is 0. The molecule has 8 heteroatoms. The third-order valence-electron chi connectivity index (χ3n) is 5.10. The average Bonchev–Trinajstić information content (AvgIpc) is 3.41. The highest BCUT2D eigenvalue weighted by Crippen LogP contribution is 2.43. The topological polar surface area (TPSA) is 89.2 Å². The summed E-state index contributed by atoms with van der Waals surface area (Å²) in [5.74, 6) is -1.97. The van der Waals surface area contributed by atoms with E-state index in [0.29, 0.717) is 18.0 Å². The summed E-state index contributed by atoms with van der Waals surface area (Å²) in [6.07, 6.45) is 1.40. The molecule has 1 N–H and O–H groups in total. The Morgan fingerprint density at radius 2 is 1.91 bits per heavy atom. The minimum absolute atomic E-state index is 0.0475. The van der Waals surface area contributed by atoms with Gasteiger partial charge >= 0.3 is 0 Å². The van der Waals surface area contributed by atoms with Crippen LogP contribution in [0.25, 0.3) is 5.76 Å². The minimum Gasteiger partial charge on any atom is -0.507 e. The maximum absolute atomic E-state index is 13.9. The molecule has 1 saturated heterocycles. The van der Waals surface area contributed by atoms with Crippen molar-refractivity contribution in [2.45, 2.75) is 13.0 Å². The van der Waals surface area contributed by atoms with Gasteiger partial charge in [0, 0.05) is 5.69 Å². The fourth-order valence-electron chi connectivity index (χ4n) is 3.69. The number of nitrogens with zero attached hydrogens (tertiary/aromatic N) is 1. The molecule has 0 bridgehead atoms. The number of aliphatic hydroxyl groups is 1. The number of ketones is 1. The van der Waals surface area contributed by atoms with Crippen molar-refractivity contribution in [2.24, 2.45) is 0 Å². The van der Waals surface area contributed by atoms with E-state index in [2.05, 4.69) is 0 Å². The molecule has 2 aromatic carbocycles. The van der Waals surface area contributed by atoms with Gasteiger partial charge in [0.1, 0.15) is 34.9 Å². The third-order valence-corrected chi connectivity index (χ3v) is 5.10. The number of carbonyl (C=O) groups excluding carboxylic acids is 2. The number of rotatable bonds is 6. The second-order valence-corrected chi connectivity index (χ2v) is 6.96. The van der Waals surface area contributed by atoms with Crippen LogP contribution in [0.3, 0.4) is 0 Å². The summed E-state index contributed by atoms with van der Waals surface area (Å²) in [6.45, 7) is 2.33. The van der Waals surface area contributed by atoms with E-state index < -0.39 is 29.3 Å². The van der Waals surface area contributed by atoms with Crippen molar-refractivity contribution < 1.29 is 33.0 Å². The van der Waals surface area contributed by atoms with Gasteiger partial charge in [-0.2, -0.15) is 0 Å². The number of ether oxygens (including phenoxy) is 2. The lowest BCUT2D eigenvalue weighted by Gasteiger charge is -2.23. The van der Waals surface area contributed by atoms with E-state index in [9.17, 15) is 19.1 Å². The Balaban J connectivity index is 1.90. The number of methoxy groups -OCH3 is 1. The van der Waals surface area contributed by atoms with Gasteiger partial charge in [-0.1, -0.05) is 0 Å². The maximum Gasteiger partial charge on any atom is 0.300 e. The summed E-state index contributed by atoms with van der Waals surface area (Å²) in [7, 11) is 1.35. The van der Waals surface area contributed by atoms with Crippen LogP contribution in [0, 0.1) is 5.82 Å². The van der Waals surface area contributed by atoms with Crippen LogP contribution in [0.1, 0.15) is 24.3 Å². The summed E-state index contributed by atoms with van der Waals surface area (Å²) in [4.78, 5) is 27.3. The summed E-state index contributed by atoms with van der Waals surface area (Å²) in [5, 5.41) is 11.1. The zero-order valence-corrected chi connectivity index (χ0v) is 17.4. The lowest BCUT2D eigenvalue weighted by atomic mass is 9.98. The van der Waals surface area contributed by atoms with E-state index in [1.54, 1.807) is 36.4 Å². The summed E-state index contributed by atoms with van der Waals surface area (Å²) < 4.78 is 30.1. The average molecular weight is 437 g/mol. The summed E-state index contributed by atoms with van der Waals surface area (Å²) in [6, 6.07) is 12.3. The third kappa shape index (κ3) is 3.60. The Bertz CT molecular complexity index is 1180. The predicted octanol–water partition coefficient (Wildman–Crippen LogP) is 4.45. The van der Waals surface area contributed by atoms with Crippen molar-refractivity contribution in [1.82, 2.24) is 0 Å². The molecule has 0 radical (unpaired) electrons. The SMILES string of the molecule is CCOc1ccc(N2C(=O)C(=O)/C(=C(\O)c3cc(F)ccc3OC)C2c2ccco2)cc1. The standard InChI is InChI=1S/C24H20FNO6/c1-3-31-16-9-7-15(8-10-16)26-21(19-5-4-12-32-19)20(23(28)24(26)29)22(27)17-13-14(25)6-11-18(17)30-2/h4-13,21,27H,3H2,1-2H3/b22-20-. The number of amides is 1. The molecule has 1 aliphatic rings. The lowest BCUT2D eigenvalue weighted by Crippen LogP contribution is -2.29. The molecule has 0 spiro atoms. The molecule has 0 aliphatic carbocycles. The number of hydrogen-bond acceptors (Lipinski definition) is 6. The fraction of sp³-hybridized carbons (Fsp3) is 0.167. The van der Waals surface area contributed by atoms with E-state index in [1.807, 2.05) is 6.92 Å². The molecule has 7 nitrogen and oxygen atoms in total. The normalized spacial score (nSPS) is 17.6. The Labute approximate surface area is 183 Å². The molecular weight excluding hydrogens is 417 g/mol. The van der Waals surface area contributed by atoms with Crippen LogP contribution in [0.4, 0.5) is 10.1 Å². The number of anilines is 1. The Morgan fingerprint density at radius 1 is 1.16 bits per heavy atom. The number of aliphatic hydroxyl groups excluding tert-OH is 1. The van der Waals surface area contributed by atoms with Crippen LogP contribution in [0.2, 0.25) is 0 Å². The van der Waals surface area contributed by atoms with Gasteiger partial charge in [-0.15, -0.1) is 0 Å². The molecule has 1 amide bonds. The van der Waals surface area contributed by atoms with Crippen LogP contribution in [0.5, 0.6) is 11.5 Å². The first-order valence-electron chi connectivity index (χ1n) is 9.87. The Kier molecular flexibility index (Phi) is 5.68. The van der Waals surface area contributed by atoms with E-state index in [4.69, 9.17) is 13.9 Å². The minimum atomic E-state index is -1.06. The van der Waals surface area contributed by atoms with Gasteiger partial charge in [-0.3, -0.25) is 14.5 Å². The first kappa shape index (κ1) is 21.2. The zero-order valence-electron chi connectivity index (χ0n) is 17.4. The van der Waals surface area contributed by atoms with Crippen molar-refractivity contribution in [1.29, 1.82) is 0 Å². The van der Waals surface area contributed by atoms with E-state index in [1.165, 1.54) is 24.3 Å². The number of benzene rings is 2. The quantitative estimate of drug-likeness (QED) is 0.348. The number of carbonyl (C=O) groups is 2. The first-order valence-corrected chi connectivity index (χ1v) is 9.87. The van der Waals surface area contributed by atoms with E-state index >= 15 is 0 Å².